The van der Waals surface area contributed by atoms with Crippen LogP contribution in [0, 0.1) is 0 Å². The number of amides is 2. The lowest BCUT2D eigenvalue weighted by Gasteiger charge is -2.34. The first-order valence-corrected chi connectivity index (χ1v) is 11.3. The number of hydrogen-bond acceptors (Lipinski definition) is 7. The van der Waals surface area contributed by atoms with Crippen LogP contribution < -0.4 is 10.2 Å². The third-order valence-corrected chi connectivity index (χ3v) is 5.90. The number of piperazine rings is 1. The van der Waals surface area contributed by atoms with Crippen LogP contribution >= 0.6 is 0 Å². The number of benzene rings is 2. The highest BCUT2D eigenvalue weighted by atomic mass is 16.3. The summed E-state index contributed by atoms with van der Waals surface area (Å²) in [5.74, 6) is 1.22. The minimum absolute atomic E-state index is 0.0854. The molecule has 1 N–H and O–H groups in total. The van der Waals surface area contributed by atoms with Crippen LogP contribution in [-0.4, -0.2) is 57.8 Å². The van der Waals surface area contributed by atoms with Gasteiger partial charge in [-0.25, -0.2) is 15.0 Å². The molecule has 1 aliphatic rings. The average Bonchev–Trinajstić information content (AvgIpc) is 3.46. The fourth-order valence-electron chi connectivity index (χ4n) is 3.95. The van der Waals surface area contributed by atoms with Crippen molar-refractivity contribution >= 4 is 23.5 Å². The number of oxazole rings is 1. The second kappa shape index (κ2) is 10.2. The number of carbonyl (C=O) groups excluding carboxylic acids is 2. The summed E-state index contributed by atoms with van der Waals surface area (Å²) in [5.41, 5.74) is 2.95. The van der Waals surface area contributed by atoms with E-state index in [4.69, 9.17) is 4.42 Å². The SMILES string of the molecule is O=C(Nc1ccc(CC(=O)N2CCN(c3ncccn3)CC2)cc1)c1ccc(-c2cnco2)cc1. The predicted octanol–water partition coefficient (Wildman–Crippen LogP) is 3.28. The van der Waals surface area contributed by atoms with Crippen molar-refractivity contribution in [3.63, 3.8) is 0 Å². The second-order valence-electron chi connectivity index (χ2n) is 8.19. The highest BCUT2D eigenvalue weighted by Gasteiger charge is 2.22. The molecule has 1 saturated heterocycles. The lowest BCUT2D eigenvalue weighted by molar-refractivity contribution is -0.130. The number of nitrogens with one attached hydrogen (secondary N) is 1. The van der Waals surface area contributed by atoms with E-state index in [0.717, 1.165) is 11.1 Å². The maximum Gasteiger partial charge on any atom is 0.255 e. The van der Waals surface area contributed by atoms with Crippen LogP contribution in [0.3, 0.4) is 0 Å². The lowest BCUT2D eigenvalue weighted by Crippen LogP contribution is -2.49. The lowest BCUT2D eigenvalue weighted by atomic mass is 10.1. The van der Waals surface area contributed by atoms with E-state index in [1.807, 2.05) is 41.3 Å². The van der Waals surface area contributed by atoms with Crippen molar-refractivity contribution in [1.82, 2.24) is 19.9 Å². The fourth-order valence-corrected chi connectivity index (χ4v) is 3.95. The van der Waals surface area contributed by atoms with E-state index < -0.39 is 0 Å². The normalized spacial score (nSPS) is 13.5. The molecule has 1 fully saturated rings. The number of nitrogens with zero attached hydrogens (tertiary/aromatic N) is 5. The molecule has 35 heavy (non-hydrogen) atoms. The van der Waals surface area contributed by atoms with Gasteiger partial charge in [-0.15, -0.1) is 0 Å². The molecule has 0 aliphatic carbocycles. The first kappa shape index (κ1) is 22.3. The summed E-state index contributed by atoms with van der Waals surface area (Å²) < 4.78 is 5.27. The Morgan fingerprint density at radius 3 is 2.29 bits per heavy atom. The number of rotatable bonds is 6. The molecule has 0 radical (unpaired) electrons. The fraction of sp³-hybridized carbons (Fsp3) is 0.192. The molecule has 0 bridgehead atoms. The Hall–Kier alpha value is -4.53. The summed E-state index contributed by atoms with van der Waals surface area (Å²) in [6.45, 7) is 2.70. The monoisotopic (exact) mass is 468 g/mol. The van der Waals surface area contributed by atoms with Gasteiger partial charge < -0.3 is 19.5 Å². The zero-order chi connectivity index (χ0) is 24.0. The van der Waals surface area contributed by atoms with Crippen LogP contribution in [0.25, 0.3) is 11.3 Å². The van der Waals surface area contributed by atoms with Gasteiger partial charge in [-0.3, -0.25) is 9.59 Å². The quantitative estimate of drug-likeness (QED) is 0.463. The van der Waals surface area contributed by atoms with Gasteiger partial charge in [-0.05, 0) is 35.9 Å². The molecule has 3 heterocycles. The molecular weight excluding hydrogens is 444 g/mol. The van der Waals surface area contributed by atoms with E-state index in [1.54, 1.807) is 36.8 Å². The van der Waals surface area contributed by atoms with Crippen molar-refractivity contribution in [2.75, 3.05) is 36.4 Å². The summed E-state index contributed by atoms with van der Waals surface area (Å²) in [4.78, 5) is 41.8. The molecule has 0 unspecified atom stereocenters. The van der Waals surface area contributed by atoms with Crippen LogP contribution in [0.2, 0.25) is 0 Å². The molecule has 0 saturated carbocycles. The summed E-state index contributed by atoms with van der Waals surface area (Å²) in [6.07, 6.45) is 6.76. The minimum Gasteiger partial charge on any atom is -0.444 e. The van der Waals surface area contributed by atoms with E-state index >= 15 is 0 Å². The Kier molecular flexibility index (Phi) is 6.47. The van der Waals surface area contributed by atoms with Crippen LogP contribution in [-0.2, 0) is 11.2 Å². The maximum atomic E-state index is 12.8. The van der Waals surface area contributed by atoms with E-state index in [9.17, 15) is 9.59 Å². The Morgan fingerprint density at radius 2 is 1.63 bits per heavy atom. The van der Waals surface area contributed by atoms with Gasteiger partial charge in [0.2, 0.25) is 11.9 Å². The van der Waals surface area contributed by atoms with Crippen molar-refractivity contribution in [2.24, 2.45) is 0 Å². The molecule has 4 aromatic rings. The molecule has 2 amide bonds. The van der Waals surface area contributed by atoms with E-state index in [-0.39, 0.29) is 11.8 Å². The molecule has 0 atom stereocenters. The van der Waals surface area contributed by atoms with Crippen molar-refractivity contribution in [2.45, 2.75) is 6.42 Å². The van der Waals surface area contributed by atoms with Crippen LogP contribution in [0.1, 0.15) is 15.9 Å². The van der Waals surface area contributed by atoms with Gasteiger partial charge in [-0.1, -0.05) is 24.3 Å². The molecule has 5 rings (SSSR count). The van der Waals surface area contributed by atoms with Crippen LogP contribution in [0.5, 0.6) is 0 Å². The van der Waals surface area contributed by atoms with Gasteiger partial charge in [0.15, 0.2) is 12.2 Å². The third kappa shape index (κ3) is 5.35. The van der Waals surface area contributed by atoms with Crippen molar-refractivity contribution in [1.29, 1.82) is 0 Å². The van der Waals surface area contributed by atoms with Gasteiger partial charge in [-0.2, -0.15) is 0 Å². The largest absolute Gasteiger partial charge is 0.444 e. The molecular formula is C26H24N6O3. The topological polar surface area (TPSA) is 104 Å². The summed E-state index contributed by atoms with van der Waals surface area (Å²) in [7, 11) is 0. The maximum absolute atomic E-state index is 12.8. The Balaban J connectivity index is 1.12. The Bertz CT molecular complexity index is 1270. The highest BCUT2D eigenvalue weighted by Crippen LogP contribution is 2.20. The average molecular weight is 469 g/mol. The molecule has 176 valence electrons. The van der Waals surface area contributed by atoms with Gasteiger partial charge in [0.25, 0.3) is 5.91 Å². The standard InChI is InChI=1S/C26H24N6O3/c33-24(31-12-14-32(15-13-31)26-28-10-1-11-29-26)16-19-2-8-22(9-3-19)30-25(34)21-6-4-20(5-7-21)23-17-27-18-35-23/h1-11,17-18H,12-16H2,(H,30,34). The zero-order valence-corrected chi connectivity index (χ0v) is 19.0. The first-order chi connectivity index (χ1) is 17.2. The molecule has 9 nitrogen and oxygen atoms in total. The second-order valence-corrected chi connectivity index (χ2v) is 8.19. The van der Waals surface area contributed by atoms with Gasteiger partial charge >= 0.3 is 0 Å². The number of hydrogen-bond donors (Lipinski definition) is 1. The smallest absolute Gasteiger partial charge is 0.255 e. The predicted molar refractivity (Wildman–Crippen MR) is 131 cm³/mol. The van der Waals surface area contributed by atoms with E-state index in [2.05, 4.69) is 25.2 Å². The highest BCUT2D eigenvalue weighted by molar-refractivity contribution is 6.04. The molecule has 0 spiro atoms. The molecule has 2 aromatic carbocycles. The van der Waals surface area contributed by atoms with Crippen LogP contribution in [0.4, 0.5) is 11.6 Å². The third-order valence-electron chi connectivity index (χ3n) is 5.90. The Labute approximate surface area is 202 Å². The van der Waals surface area contributed by atoms with Crippen molar-refractivity contribution in [3.05, 3.63) is 90.7 Å². The van der Waals surface area contributed by atoms with Gasteiger partial charge in [0.1, 0.15) is 0 Å². The Morgan fingerprint density at radius 1 is 0.914 bits per heavy atom. The summed E-state index contributed by atoms with van der Waals surface area (Å²) in [5, 5.41) is 2.89. The van der Waals surface area contributed by atoms with E-state index in [1.165, 1.54) is 6.39 Å². The number of carbonyl (C=O) groups is 2. The van der Waals surface area contributed by atoms with Gasteiger partial charge in [0, 0.05) is 55.4 Å². The van der Waals surface area contributed by atoms with Crippen molar-refractivity contribution < 1.29 is 14.0 Å². The molecule has 2 aromatic heterocycles. The molecule has 9 heteroatoms. The summed E-state index contributed by atoms with van der Waals surface area (Å²) >= 11 is 0. The van der Waals surface area contributed by atoms with Crippen LogP contribution in [0.15, 0.2) is 84.0 Å². The zero-order valence-electron chi connectivity index (χ0n) is 19.0. The number of aromatic nitrogens is 3. The number of anilines is 2. The minimum atomic E-state index is -0.210. The van der Waals surface area contributed by atoms with E-state index in [0.29, 0.717) is 55.6 Å². The van der Waals surface area contributed by atoms with Crippen molar-refractivity contribution in [3.8, 4) is 11.3 Å². The molecule has 1 aliphatic heterocycles. The van der Waals surface area contributed by atoms with Gasteiger partial charge in [0.05, 0.1) is 12.6 Å². The summed E-state index contributed by atoms with van der Waals surface area (Å²) in [6, 6.07) is 16.3. The first-order valence-electron chi connectivity index (χ1n) is 11.3.